The van der Waals surface area contributed by atoms with Crippen LogP contribution in [0.4, 0.5) is 0 Å². The van der Waals surface area contributed by atoms with Gasteiger partial charge in [0.1, 0.15) is 5.75 Å². The predicted molar refractivity (Wildman–Crippen MR) is 79.6 cm³/mol. The quantitative estimate of drug-likeness (QED) is 0.806. The van der Waals surface area contributed by atoms with Crippen LogP contribution in [0, 0.1) is 5.92 Å². The Labute approximate surface area is 121 Å². The topological polar surface area (TPSA) is 58.6 Å². The number of carbonyl (C=O) groups excluding carboxylic acids is 1. The van der Waals surface area contributed by atoms with Crippen LogP contribution < -0.4 is 10.1 Å². The number of rotatable bonds is 7. The molecule has 0 saturated carbocycles. The second-order valence-corrected chi connectivity index (χ2v) is 5.39. The van der Waals surface area contributed by atoms with Crippen LogP contribution in [0.3, 0.4) is 0 Å². The first-order chi connectivity index (χ1) is 9.43. The summed E-state index contributed by atoms with van der Waals surface area (Å²) in [5.74, 6) is 0.932. The van der Waals surface area contributed by atoms with E-state index in [1.54, 1.807) is 19.1 Å². The molecule has 1 unspecified atom stereocenters. The zero-order valence-corrected chi connectivity index (χ0v) is 12.7. The Balaban J connectivity index is 2.53. The van der Waals surface area contributed by atoms with E-state index in [0.717, 1.165) is 5.56 Å². The molecule has 4 heteroatoms. The summed E-state index contributed by atoms with van der Waals surface area (Å²) in [4.78, 5) is 11.8. The minimum Gasteiger partial charge on any atom is -0.481 e. The van der Waals surface area contributed by atoms with Crippen molar-refractivity contribution >= 4 is 5.91 Å². The minimum absolute atomic E-state index is 0.114. The number of hydrogen-bond acceptors (Lipinski definition) is 3. The number of amides is 1. The molecule has 0 aliphatic heterocycles. The fourth-order valence-corrected chi connectivity index (χ4v) is 1.71. The smallest absolute Gasteiger partial charge is 0.260 e. The molecular formula is C16H25NO3. The molecule has 0 aliphatic rings. The number of carbonyl (C=O) groups is 1. The number of aliphatic hydroxyl groups is 1. The van der Waals surface area contributed by atoms with Crippen molar-refractivity contribution in [3.05, 3.63) is 29.8 Å². The first kappa shape index (κ1) is 16.5. The second-order valence-electron chi connectivity index (χ2n) is 5.39. The highest BCUT2D eigenvalue weighted by Gasteiger charge is 2.14. The maximum Gasteiger partial charge on any atom is 0.260 e. The van der Waals surface area contributed by atoms with Gasteiger partial charge < -0.3 is 15.2 Å². The molecule has 0 spiro atoms. The maximum atomic E-state index is 11.8. The molecule has 2 N–H and O–H groups in total. The lowest BCUT2D eigenvalue weighted by molar-refractivity contribution is -0.127. The van der Waals surface area contributed by atoms with Crippen molar-refractivity contribution in [2.24, 2.45) is 5.92 Å². The van der Waals surface area contributed by atoms with E-state index in [2.05, 4.69) is 5.32 Å². The molecule has 1 rings (SSSR count). The SMILES string of the molecule is CC[C@@H](O)c1ccc(OC(C)C(=O)NCC(C)C)cc1. The molecule has 0 aromatic heterocycles. The minimum atomic E-state index is -0.532. The Kier molecular flexibility index (Phi) is 6.52. The van der Waals surface area contributed by atoms with Crippen molar-refractivity contribution in [2.75, 3.05) is 6.54 Å². The van der Waals surface area contributed by atoms with Crippen LogP contribution in [0.2, 0.25) is 0 Å². The number of benzene rings is 1. The van der Waals surface area contributed by atoms with Crippen LogP contribution in [-0.2, 0) is 4.79 Å². The molecule has 0 heterocycles. The number of nitrogens with one attached hydrogen (secondary N) is 1. The highest BCUT2D eigenvalue weighted by atomic mass is 16.5. The molecule has 0 aliphatic carbocycles. The van der Waals surface area contributed by atoms with E-state index in [9.17, 15) is 9.90 Å². The molecular weight excluding hydrogens is 254 g/mol. The molecule has 1 amide bonds. The summed E-state index contributed by atoms with van der Waals surface area (Å²) in [6.45, 7) is 8.39. The van der Waals surface area contributed by atoms with E-state index < -0.39 is 12.2 Å². The fraction of sp³-hybridized carbons (Fsp3) is 0.562. The van der Waals surface area contributed by atoms with E-state index in [-0.39, 0.29) is 5.91 Å². The lowest BCUT2D eigenvalue weighted by Crippen LogP contribution is -2.38. The van der Waals surface area contributed by atoms with Gasteiger partial charge in [0.15, 0.2) is 6.10 Å². The zero-order valence-electron chi connectivity index (χ0n) is 12.7. The van der Waals surface area contributed by atoms with Crippen LogP contribution in [0.25, 0.3) is 0 Å². The molecule has 0 bridgehead atoms. The van der Waals surface area contributed by atoms with Crippen molar-refractivity contribution in [1.82, 2.24) is 5.32 Å². The monoisotopic (exact) mass is 279 g/mol. The third kappa shape index (κ3) is 5.21. The standard InChI is InChI=1S/C16H25NO3/c1-5-15(18)13-6-8-14(9-7-13)20-12(4)16(19)17-10-11(2)3/h6-9,11-12,15,18H,5,10H2,1-4H3,(H,17,19)/t12?,15-/m1/s1. The Morgan fingerprint density at radius 3 is 2.35 bits per heavy atom. The first-order valence-electron chi connectivity index (χ1n) is 7.16. The van der Waals surface area contributed by atoms with Gasteiger partial charge in [0.05, 0.1) is 6.10 Å². The first-order valence-corrected chi connectivity index (χ1v) is 7.16. The van der Waals surface area contributed by atoms with Gasteiger partial charge >= 0.3 is 0 Å². The number of aliphatic hydroxyl groups excluding tert-OH is 1. The molecule has 112 valence electrons. The fourth-order valence-electron chi connectivity index (χ4n) is 1.71. The number of hydrogen-bond donors (Lipinski definition) is 2. The summed E-state index contributed by atoms with van der Waals surface area (Å²) < 4.78 is 5.58. The molecule has 1 aromatic carbocycles. The molecule has 0 fully saturated rings. The Hall–Kier alpha value is -1.55. The van der Waals surface area contributed by atoms with E-state index in [1.165, 1.54) is 0 Å². The average molecular weight is 279 g/mol. The highest BCUT2D eigenvalue weighted by Crippen LogP contribution is 2.20. The summed E-state index contributed by atoms with van der Waals surface area (Å²) in [7, 11) is 0. The van der Waals surface area contributed by atoms with Gasteiger partial charge in [-0.05, 0) is 37.0 Å². The third-order valence-corrected chi connectivity index (χ3v) is 3.02. The van der Waals surface area contributed by atoms with E-state index in [4.69, 9.17) is 4.74 Å². The van der Waals surface area contributed by atoms with Gasteiger partial charge in [-0.25, -0.2) is 0 Å². The molecule has 0 saturated heterocycles. The van der Waals surface area contributed by atoms with E-state index in [0.29, 0.717) is 24.6 Å². The van der Waals surface area contributed by atoms with Gasteiger partial charge in [0.25, 0.3) is 5.91 Å². The molecule has 2 atom stereocenters. The third-order valence-electron chi connectivity index (χ3n) is 3.02. The van der Waals surface area contributed by atoms with Crippen LogP contribution in [0.1, 0.15) is 45.8 Å². The predicted octanol–water partition coefficient (Wildman–Crippen LogP) is 2.67. The van der Waals surface area contributed by atoms with Gasteiger partial charge in [-0.3, -0.25) is 4.79 Å². The summed E-state index contributed by atoms with van der Waals surface area (Å²) in [6, 6.07) is 7.20. The lowest BCUT2D eigenvalue weighted by Gasteiger charge is -2.16. The second kappa shape index (κ2) is 7.90. The van der Waals surface area contributed by atoms with Crippen molar-refractivity contribution in [1.29, 1.82) is 0 Å². The maximum absolute atomic E-state index is 11.8. The van der Waals surface area contributed by atoms with Gasteiger partial charge in [0, 0.05) is 6.54 Å². The summed E-state index contributed by atoms with van der Waals surface area (Å²) in [5, 5.41) is 12.5. The van der Waals surface area contributed by atoms with Crippen LogP contribution in [0.5, 0.6) is 5.75 Å². The van der Waals surface area contributed by atoms with E-state index >= 15 is 0 Å². The van der Waals surface area contributed by atoms with E-state index in [1.807, 2.05) is 32.9 Å². The molecule has 0 radical (unpaired) electrons. The normalized spacial score (nSPS) is 13.9. The van der Waals surface area contributed by atoms with Crippen LogP contribution in [-0.4, -0.2) is 23.7 Å². The Morgan fingerprint density at radius 1 is 1.25 bits per heavy atom. The van der Waals surface area contributed by atoms with Crippen molar-refractivity contribution < 1.29 is 14.6 Å². The summed E-state index contributed by atoms with van der Waals surface area (Å²) >= 11 is 0. The summed E-state index contributed by atoms with van der Waals surface area (Å²) in [6.07, 6.45) is -0.305. The Morgan fingerprint density at radius 2 is 1.85 bits per heavy atom. The largest absolute Gasteiger partial charge is 0.481 e. The molecule has 4 nitrogen and oxygen atoms in total. The van der Waals surface area contributed by atoms with Gasteiger partial charge in [-0.1, -0.05) is 32.9 Å². The van der Waals surface area contributed by atoms with Crippen molar-refractivity contribution in [3.63, 3.8) is 0 Å². The van der Waals surface area contributed by atoms with Crippen molar-refractivity contribution in [3.8, 4) is 5.75 Å². The van der Waals surface area contributed by atoms with Crippen molar-refractivity contribution in [2.45, 2.75) is 46.3 Å². The summed E-state index contributed by atoms with van der Waals surface area (Å²) in [5.41, 5.74) is 0.858. The number of ether oxygens (including phenoxy) is 1. The van der Waals surface area contributed by atoms with Gasteiger partial charge in [-0.2, -0.15) is 0 Å². The highest BCUT2D eigenvalue weighted by molar-refractivity contribution is 5.80. The lowest BCUT2D eigenvalue weighted by atomic mass is 10.1. The van der Waals surface area contributed by atoms with Crippen LogP contribution >= 0.6 is 0 Å². The van der Waals surface area contributed by atoms with Crippen LogP contribution in [0.15, 0.2) is 24.3 Å². The molecule has 1 aromatic rings. The zero-order chi connectivity index (χ0) is 15.1. The van der Waals surface area contributed by atoms with Gasteiger partial charge in [-0.15, -0.1) is 0 Å². The molecule has 20 heavy (non-hydrogen) atoms. The Bertz CT molecular complexity index is 414. The van der Waals surface area contributed by atoms with Gasteiger partial charge in [0.2, 0.25) is 0 Å². The average Bonchev–Trinajstić information content (AvgIpc) is 2.44.